The minimum absolute atomic E-state index is 0.160. The number of carbonyl (C=O) groups is 1. The molecule has 1 N–H and O–H groups in total. The van der Waals surface area contributed by atoms with Gasteiger partial charge in [0.2, 0.25) is 0 Å². The highest BCUT2D eigenvalue weighted by Crippen LogP contribution is 2.29. The molecular formula is C32H45ClN2O2S. The Labute approximate surface area is 239 Å². The van der Waals surface area contributed by atoms with Crippen LogP contribution in [-0.4, -0.2) is 23.3 Å². The largest absolute Gasteiger partial charge is 0.492 e. The number of halogens is 1. The lowest BCUT2D eigenvalue weighted by Crippen LogP contribution is -2.17. The molecule has 0 bridgehead atoms. The van der Waals surface area contributed by atoms with Crippen molar-refractivity contribution in [1.29, 1.82) is 0 Å². The first-order valence-corrected chi connectivity index (χ1v) is 15.8. The average molecular weight is 557 g/mol. The molecule has 0 fully saturated rings. The van der Waals surface area contributed by atoms with E-state index in [9.17, 15) is 4.79 Å². The average Bonchev–Trinajstić information content (AvgIpc) is 3.33. The molecule has 0 radical (unpaired) electrons. The second-order valence-electron chi connectivity index (χ2n) is 10.3. The monoisotopic (exact) mass is 556 g/mol. The maximum atomic E-state index is 13.1. The Morgan fingerprint density at radius 1 is 0.947 bits per heavy atom. The summed E-state index contributed by atoms with van der Waals surface area (Å²) in [4.78, 5) is 16.6. The molecule has 1 amide bonds. The molecule has 1 aliphatic heterocycles. The summed E-state index contributed by atoms with van der Waals surface area (Å²) in [5.74, 6) is 1.35. The lowest BCUT2D eigenvalue weighted by Gasteiger charge is -2.18. The fraction of sp³-hybridized carbons (Fsp3) is 0.531. The number of thioether (sulfide) groups is 1. The second kappa shape index (κ2) is 17.5. The first-order chi connectivity index (χ1) is 18.6. The summed E-state index contributed by atoms with van der Waals surface area (Å²) in [5.41, 5.74) is 2.46. The molecule has 38 heavy (non-hydrogen) atoms. The van der Waals surface area contributed by atoms with E-state index in [4.69, 9.17) is 16.3 Å². The van der Waals surface area contributed by atoms with E-state index in [1.165, 1.54) is 69.1 Å². The zero-order valence-electron chi connectivity index (χ0n) is 23.3. The molecule has 0 unspecified atom stereocenters. The van der Waals surface area contributed by atoms with Gasteiger partial charge in [-0.05, 0) is 48.1 Å². The Morgan fingerprint density at radius 3 is 2.26 bits per heavy atom. The maximum Gasteiger partial charge on any atom is 0.255 e. The van der Waals surface area contributed by atoms with Crippen molar-refractivity contribution in [3.63, 3.8) is 0 Å². The van der Waals surface area contributed by atoms with Gasteiger partial charge in [-0.1, -0.05) is 107 Å². The van der Waals surface area contributed by atoms with Crippen LogP contribution < -0.4 is 10.1 Å². The molecule has 2 aromatic carbocycles. The molecule has 0 aliphatic carbocycles. The number of hydrogen-bond donors (Lipinski definition) is 1. The highest BCUT2D eigenvalue weighted by Gasteiger charge is 2.15. The molecule has 0 aromatic heterocycles. The summed E-state index contributed by atoms with van der Waals surface area (Å²) < 4.78 is 5.96. The number of rotatable bonds is 18. The van der Waals surface area contributed by atoms with Crippen LogP contribution in [0.3, 0.4) is 0 Å². The van der Waals surface area contributed by atoms with Crippen LogP contribution in [0.4, 0.5) is 5.69 Å². The van der Waals surface area contributed by atoms with Crippen molar-refractivity contribution >= 4 is 35.0 Å². The molecule has 1 heterocycles. The summed E-state index contributed by atoms with van der Waals surface area (Å²) in [7, 11) is 0. The number of carbonyl (C=O) groups excluding carboxylic acids is 1. The van der Waals surface area contributed by atoms with Gasteiger partial charge >= 0.3 is 0 Å². The molecule has 0 saturated carbocycles. The summed E-state index contributed by atoms with van der Waals surface area (Å²) >= 11 is 8.21. The van der Waals surface area contributed by atoms with Crippen LogP contribution in [0.2, 0.25) is 5.02 Å². The van der Waals surface area contributed by atoms with Gasteiger partial charge in [-0.15, -0.1) is 11.8 Å². The van der Waals surface area contributed by atoms with E-state index < -0.39 is 0 Å². The van der Waals surface area contributed by atoms with Crippen LogP contribution in [0.15, 0.2) is 53.6 Å². The smallest absolute Gasteiger partial charge is 0.255 e. The zero-order chi connectivity index (χ0) is 27.0. The highest BCUT2D eigenvalue weighted by molar-refractivity contribution is 8.03. The van der Waals surface area contributed by atoms with Crippen LogP contribution in [0, 0.1) is 0 Å². The molecule has 2 aromatic rings. The van der Waals surface area contributed by atoms with Gasteiger partial charge in [0, 0.05) is 24.0 Å². The van der Waals surface area contributed by atoms with Crippen molar-refractivity contribution in [1.82, 2.24) is 4.90 Å². The van der Waals surface area contributed by atoms with E-state index in [0.29, 0.717) is 22.9 Å². The Morgan fingerprint density at radius 2 is 1.61 bits per heavy atom. The zero-order valence-corrected chi connectivity index (χ0v) is 24.8. The third-order valence-corrected chi connectivity index (χ3v) is 8.24. The van der Waals surface area contributed by atoms with Crippen LogP contribution >= 0.6 is 23.4 Å². The lowest BCUT2D eigenvalue weighted by molar-refractivity contribution is 0.102. The Bertz CT molecular complexity index is 1030. The van der Waals surface area contributed by atoms with Crippen molar-refractivity contribution in [3.05, 3.63) is 69.7 Å². The summed E-state index contributed by atoms with van der Waals surface area (Å²) in [6, 6.07) is 13.2. The number of amides is 1. The Hall–Kier alpha value is -2.11. The number of hydrogen-bond acceptors (Lipinski definition) is 4. The number of ether oxygens (including phenoxy) is 1. The van der Waals surface area contributed by atoms with Crippen molar-refractivity contribution < 1.29 is 9.53 Å². The van der Waals surface area contributed by atoms with Crippen molar-refractivity contribution in [2.75, 3.05) is 17.8 Å². The van der Waals surface area contributed by atoms with Crippen LogP contribution in [0.25, 0.3) is 0 Å². The summed E-state index contributed by atoms with van der Waals surface area (Å²) in [6.45, 7) is 5.77. The topological polar surface area (TPSA) is 41.6 Å². The molecule has 0 spiro atoms. The summed E-state index contributed by atoms with van der Waals surface area (Å²) in [6.07, 6.45) is 17.9. The summed E-state index contributed by atoms with van der Waals surface area (Å²) in [5, 5.41) is 3.62. The van der Waals surface area contributed by atoms with E-state index in [1.54, 1.807) is 18.2 Å². The normalized spacial score (nSPS) is 13.0. The van der Waals surface area contributed by atoms with Gasteiger partial charge in [0.05, 0.1) is 17.5 Å². The van der Waals surface area contributed by atoms with Gasteiger partial charge in [0.1, 0.15) is 5.75 Å². The molecule has 0 atom stereocenters. The van der Waals surface area contributed by atoms with Crippen LogP contribution in [0.5, 0.6) is 5.75 Å². The quantitative estimate of drug-likeness (QED) is 0.185. The number of nitrogens with one attached hydrogen (secondary N) is 1. The van der Waals surface area contributed by atoms with Crippen molar-refractivity contribution in [2.24, 2.45) is 0 Å². The predicted octanol–water partition coefficient (Wildman–Crippen LogP) is 10.0. The number of allylic oxidation sites excluding steroid dienone is 1. The second-order valence-corrected chi connectivity index (χ2v) is 11.9. The van der Waals surface area contributed by atoms with Crippen LogP contribution in [0.1, 0.15) is 107 Å². The van der Waals surface area contributed by atoms with Gasteiger partial charge in [0.15, 0.2) is 0 Å². The highest BCUT2D eigenvalue weighted by atomic mass is 35.5. The van der Waals surface area contributed by atoms with Crippen molar-refractivity contribution in [2.45, 2.75) is 97.4 Å². The third-order valence-electron chi connectivity index (χ3n) is 6.91. The van der Waals surface area contributed by atoms with Gasteiger partial charge < -0.3 is 15.0 Å². The number of nitrogens with zero attached hydrogens (tertiary/aromatic N) is 1. The fourth-order valence-corrected chi connectivity index (χ4v) is 5.61. The van der Waals surface area contributed by atoms with E-state index in [1.807, 2.05) is 30.0 Å². The van der Waals surface area contributed by atoms with Gasteiger partial charge in [-0.3, -0.25) is 4.79 Å². The number of anilines is 1. The standard InChI is InChI=1S/C32H45ClN2O2S/c1-3-4-5-6-7-8-9-10-11-12-13-16-21-37-31-22-27(19-20-29(31)33)32(36)34-30-18-15-14-17-28(30)24-35-23-26(2)38-25-35/h14-15,17-20,22-23H,3-13,16,21,24-25H2,1-2H3,(H,34,36). The molecular weight excluding hydrogens is 512 g/mol. The molecule has 1 aliphatic rings. The first-order valence-electron chi connectivity index (χ1n) is 14.4. The van der Waals surface area contributed by atoms with E-state index in [-0.39, 0.29) is 5.91 Å². The maximum absolute atomic E-state index is 13.1. The number of benzene rings is 2. The van der Waals surface area contributed by atoms with E-state index in [0.717, 1.165) is 36.5 Å². The minimum Gasteiger partial charge on any atom is -0.492 e. The SMILES string of the molecule is CCCCCCCCCCCCCCOc1cc(C(=O)Nc2ccccc2CN2C=C(C)SC2)ccc1Cl. The molecule has 6 heteroatoms. The van der Waals surface area contributed by atoms with Gasteiger partial charge in [0.25, 0.3) is 5.91 Å². The third kappa shape index (κ3) is 10.9. The first kappa shape index (κ1) is 30.4. The number of para-hydroxylation sites is 1. The molecule has 3 rings (SSSR count). The molecule has 208 valence electrons. The van der Waals surface area contributed by atoms with Gasteiger partial charge in [-0.25, -0.2) is 0 Å². The lowest BCUT2D eigenvalue weighted by atomic mass is 10.1. The Kier molecular flexibility index (Phi) is 14.0. The van der Waals surface area contributed by atoms with E-state index >= 15 is 0 Å². The van der Waals surface area contributed by atoms with E-state index in [2.05, 4.69) is 36.3 Å². The van der Waals surface area contributed by atoms with Crippen LogP contribution in [-0.2, 0) is 6.54 Å². The number of unbranched alkanes of at least 4 members (excludes halogenated alkanes) is 11. The minimum atomic E-state index is -0.160. The van der Waals surface area contributed by atoms with Gasteiger partial charge in [-0.2, -0.15) is 0 Å². The molecule has 4 nitrogen and oxygen atoms in total. The fourth-order valence-electron chi connectivity index (χ4n) is 4.68. The predicted molar refractivity (Wildman–Crippen MR) is 164 cm³/mol. The Balaban J connectivity index is 1.38. The van der Waals surface area contributed by atoms with Crippen molar-refractivity contribution in [3.8, 4) is 5.75 Å². The molecule has 0 saturated heterocycles.